The van der Waals surface area contributed by atoms with Crippen LogP contribution in [0.5, 0.6) is 0 Å². The van der Waals surface area contributed by atoms with Crippen LogP contribution in [0.4, 0.5) is 15.8 Å². The van der Waals surface area contributed by atoms with Crippen LogP contribution in [0.15, 0.2) is 48.5 Å². The molecule has 2 aromatic carbocycles. The van der Waals surface area contributed by atoms with Crippen LogP contribution in [0.3, 0.4) is 0 Å². The molecule has 144 valence electrons. The Morgan fingerprint density at radius 2 is 1.81 bits per heavy atom. The lowest BCUT2D eigenvalue weighted by molar-refractivity contribution is 0.0772. The Bertz CT molecular complexity index is 910. The number of sulfonamides is 1. The van der Waals surface area contributed by atoms with Gasteiger partial charge in [0.25, 0.3) is 5.91 Å². The van der Waals surface area contributed by atoms with Crippen molar-refractivity contribution in [1.82, 2.24) is 0 Å². The van der Waals surface area contributed by atoms with Crippen LogP contribution in [0.25, 0.3) is 0 Å². The lowest BCUT2D eigenvalue weighted by atomic mass is 10.0. The minimum absolute atomic E-state index is 0.0803. The second kappa shape index (κ2) is 8.06. The summed E-state index contributed by atoms with van der Waals surface area (Å²) in [5.41, 5.74) is 1.29. The molecule has 3 rings (SSSR count). The molecule has 1 heterocycles. The lowest BCUT2D eigenvalue weighted by Gasteiger charge is -2.34. The van der Waals surface area contributed by atoms with Crippen LogP contribution in [0, 0.1) is 5.82 Å². The van der Waals surface area contributed by atoms with Crippen molar-refractivity contribution in [2.24, 2.45) is 0 Å². The average Bonchev–Trinajstić information content (AvgIpc) is 2.63. The van der Waals surface area contributed by atoms with Crippen LogP contribution in [0.2, 0.25) is 0 Å². The maximum atomic E-state index is 13.6. The van der Waals surface area contributed by atoms with Crippen LogP contribution in [-0.2, 0) is 14.8 Å². The van der Waals surface area contributed by atoms with E-state index in [0.29, 0.717) is 37.4 Å². The molecule has 6 nitrogen and oxygen atoms in total. The van der Waals surface area contributed by atoms with Gasteiger partial charge in [-0.25, -0.2) is 12.8 Å². The zero-order chi connectivity index (χ0) is 19.4. The maximum absolute atomic E-state index is 13.6. The first kappa shape index (κ1) is 19.3. The number of amides is 1. The molecule has 8 heteroatoms. The zero-order valence-corrected chi connectivity index (χ0v) is 15.7. The van der Waals surface area contributed by atoms with Crippen molar-refractivity contribution in [3.05, 3.63) is 59.9 Å². The van der Waals surface area contributed by atoms with Gasteiger partial charge in [-0.15, -0.1) is 0 Å². The molecule has 27 heavy (non-hydrogen) atoms. The van der Waals surface area contributed by atoms with Crippen molar-refractivity contribution in [1.29, 1.82) is 0 Å². The molecule has 0 bridgehead atoms. The van der Waals surface area contributed by atoms with Gasteiger partial charge in [0.2, 0.25) is 10.0 Å². The molecule has 2 aromatic rings. The van der Waals surface area contributed by atoms with Crippen LogP contribution in [-0.4, -0.2) is 39.8 Å². The first-order chi connectivity index (χ1) is 12.8. The predicted molar refractivity (Wildman–Crippen MR) is 102 cm³/mol. The first-order valence-electron chi connectivity index (χ1n) is 8.58. The number of benzene rings is 2. The molecule has 1 aliphatic heterocycles. The van der Waals surface area contributed by atoms with E-state index in [1.807, 2.05) is 0 Å². The first-order valence-corrected chi connectivity index (χ1v) is 10.5. The molecule has 0 aliphatic carbocycles. The van der Waals surface area contributed by atoms with Gasteiger partial charge in [-0.2, -0.15) is 0 Å². The fraction of sp³-hybridized carbons (Fsp3) is 0.316. The summed E-state index contributed by atoms with van der Waals surface area (Å²) in [4.78, 5) is 14.8. The number of hydrogen-bond donors (Lipinski definition) is 1. The van der Waals surface area contributed by atoms with E-state index in [9.17, 15) is 17.6 Å². The fourth-order valence-electron chi connectivity index (χ4n) is 3.10. The number of carbonyl (C=O) groups is 1. The summed E-state index contributed by atoms with van der Waals surface area (Å²) in [6.45, 7) is 1.09. The molecule has 1 saturated heterocycles. The Morgan fingerprint density at radius 1 is 1.15 bits per heavy atom. The topological polar surface area (TPSA) is 75.7 Å². The Hall–Kier alpha value is -2.45. The number of rotatable bonds is 5. The molecular weight excluding hydrogens is 371 g/mol. The smallest absolute Gasteiger partial charge is 0.258 e. The monoisotopic (exact) mass is 392 g/mol. The van der Waals surface area contributed by atoms with Gasteiger partial charge in [-0.3, -0.25) is 9.52 Å². The van der Waals surface area contributed by atoms with Gasteiger partial charge in [-0.1, -0.05) is 6.07 Å². The maximum Gasteiger partial charge on any atom is 0.258 e. The van der Waals surface area contributed by atoms with Crippen molar-refractivity contribution in [3.63, 3.8) is 0 Å². The highest BCUT2D eigenvalue weighted by atomic mass is 32.2. The highest BCUT2D eigenvalue weighted by Gasteiger charge is 2.28. The molecule has 0 atom stereocenters. The minimum Gasteiger partial charge on any atom is -0.381 e. The second-order valence-corrected chi connectivity index (χ2v) is 8.20. The number of halogens is 1. The van der Waals surface area contributed by atoms with E-state index in [1.54, 1.807) is 35.2 Å². The van der Waals surface area contributed by atoms with E-state index >= 15 is 0 Å². The molecule has 0 unspecified atom stereocenters. The normalized spacial score (nSPS) is 15.3. The molecular formula is C19H21FN2O4S. The van der Waals surface area contributed by atoms with E-state index in [2.05, 4.69) is 4.72 Å². The largest absolute Gasteiger partial charge is 0.381 e. The zero-order valence-electron chi connectivity index (χ0n) is 14.9. The van der Waals surface area contributed by atoms with Crippen molar-refractivity contribution in [2.75, 3.05) is 29.1 Å². The summed E-state index contributed by atoms with van der Waals surface area (Å²) in [6, 6.07) is 12.1. The fourth-order valence-corrected chi connectivity index (χ4v) is 3.67. The molecule has 1 N–H and O–H groups in total. The minimum atomic E-state index is -3.38. The molecule has 1 fully saturated rings. The Kier molecular flexibility index (Phi) is 5.76. The van der Waals surface area contributed by atoms with Gasteiger partial charge >= 0.3 is 0 Å². The third-order valence-corrected chi connectivity index (χ3v) is 4.90. The number of hydrogen-bond acceptors (Lipinski definition) is 4. The summed E-state index contributed by atoms with van der Waals surface area (Å²) in [6.07, 6.45) is 2.41. The van der Waals surface area contributed by atoms with Gasteiger partial charge in [0, 0.05) is 36.2 Å². The lowest BCUT2D eigenvalue weighted by Crippen LogP contribution is -2.43. The Balaban J connectivity index is 1.93. The van der Waals surface area contributed by atoms with E-state index in [4.69, 9.17) is 4.74 Å². The van der Waals surface area contributed by atoms with Crippen LogP contribution >= 0.6 is 0 Å². The predicted octanol–water partition coefficient (Wildman–Crippen LogP) is 3.02. The highest BCUT2D eigenvalue weighted by molar-refractivity contribution is 7.92. The van der Waals surface area contributed by atoms with Crippen molar-refractivity contribution in [3.8, 4) is 0 Å². The van der Waals surface area contributed by atoms with E-state index in [0.717, 1.165) is 6.26 Å². The summed E-state index contributed by atoms with van der Waals surface area (Å²) in [5, 5.41) is 0. The number of nitrogens with zero attached hydrogens (tertiary/aromatic N) is 1. The summed E-state index contributed by atoms with van der Waals surface area (Å²) < 4.78 is 44.1. The SMILES string of the molecule is CS(=O)(=O)Nc1ccc(N(C(=O)c2cccc(F)c2)C2CCOCC2)cc1. The summed E-state index contributed by atoms with van der Waals surface area (Å²) in [7, 11) is -3.38. The number of anilines is 2. The Morgan fingerprint density at radius 3 is 2.41 bits per heavy atom. The third kappa shape index (κ3) is 5.05. The molecule has 1 amide bonds. The van der Waals surface area contributed by atoms with E-state index in [-0.39, 0.29) is 17.5 Å². The van der Waals surface area contributed by atoms with Crippen molar-refractivity contribution in [2.45, 2.75) is 18.9 Å². The number of ether oxygens (including phenoxy) is 1. The van der Waals surface area contributed by atoms with Crippen LogP contribution in [0.1, 0.15) is 23.2 Å². The summed E-state index contributed by atoms with van der Waals surface area (Å²) in [5.74, 6) is -0.772. The highest BCUT2D eigenvalue weighted by Crippen LogP contribution is 2.27. The van der Waals surface area contributed by atoms with Gasteiger partial charge < -0.3 is 9.64 Å². The van der Waals surface area contributed by atoms with E-state index in [1.165, 1.54) is 18.2 Å². The van der Waals surface area contributed by atoms with Gasteiger partial charge in [0.05, 0.1) is 6.26 Å². The molecule has 0 spiro atoms. The Labute approximate surface area is 158 Å². The molecule has 0 saturated carbocycles. The second-order valence-electron chi connectivity index (χ2n) is 6.45. The van der Waals surface area contributed by atoms with Gasteiger partial charge in [-0.05, 0) is 55.3 Å². The van der Waals surface area contributed by atoms with Gasteiger partial charge in [0.1, 0.15) is 5.82 Å². The van der Waals surface area contributed by atoms with Gasteiger partial charge in [0.15, 0.2) is 0 Å². The third-order valence-electron chi connectivity index (χ3n) is 4.30. The quantitative estimate of drug-likeness (QED) is 0.849. The number of carbonyl (C=O) groups excluding carboxylic acids is 1. The average molecular weight is 392 g/mol. The molecule has 1 aliphatic rings. The standard InChI is InChI=1S/C19H21FN2O4S/c1-27(24,25)21-16-5-7-17(8-6-16)22(18-9-11-26-12-10-18)19(23)14-3-2-4-15(20)13-14/h2-8,13,18,21H,9-12H2,1H3. The summed E-state index contributed by atoms with van der Waals surface area (Å²) >= 11 is 0. The van der Waals surface area contributed by atoms with E-state index < -0.39 is 15.8 Å². The molecule has 0 radical (unpaired) electrons. The number of nitrogens with one attached hydrogen (secondary N) is 1. The van der Waals surface area contributed by atoms with Crippen molar-refractivity contribution >= 4 is 27.3 Å². The molecule has 0 aromatic heterocycles. The van der Waals surface area contributed by atoms with Crippen LogP contribution < -0.4 is 9.62 Å². The van der Waals surface area contributed by atoms with Crippen molar-refractivity contribution < 1.29 is 22.3 Å².